The first-order valence-corrected chi connectivity index (χ1v) is 5.81. The third-order valence-electron chi connectivity index (χ3n) is 2.56. The van der Waals surface area contributed by atoms with Crippen LogP contribution in [-0.2, 0) is 6.18 Å². The number of rotatable bonds is 2. The van der Waals surface area contributed by atoms with E-state index in [0.717, 1.165) is 18.2 Å². The molecule has 0 amide bonds. The second kappa shape index (κ2) is 5.40. The molecular formula is C13H5ClF5NO. The van der Waals surface area contributed by atoms with Gasteiger partial charge in [0.2, 0.25) is 0 Å². The first kappa shape index (κ1) is 15.4. The van der Waals surface area contributed by atoms with Crippen LogP contribution in [0.15, 0.2) is 30.3 Å². The van der Waals surface area contributed by atoms with Crippen LogP contribution in [0.5, 0.6) is 0 Å². The van der Waals surface area contributed by atoms with E-state index < -0.39 is 45.6 Å². The van der Waals surface area contributed by atoms with Gasteiger partial charge in [0.25, 0.3) is 0 Å². The van der Waals surface area contributed by atoms with Gasteiger partial charge < -0.3 is 0 Å². The number of benzene rings is 1. The van der Waals surface area contributed by atoms with Gasteiger partial charge in [0, 0.05) is 0 Å². The van der Waals surface area contributed by atoms with Gasteiger partial charge in [-0.25, -0.2) is 13.8 Å². The van der Waals surface area contributed by atoms with Crippen molar-refractivity contribution in [3.63, 3.8) is 0 Å². The number of nitrogens with zero attached hydrogens (tertiary/aromatic N) is 1. The normalized spacial score (nSPS) is 11.5. The fraction of sp³-hybridized carbons (Fsp3) is 0.0769. The molecule has 0 fully saturated rings. The van der Waals surface area contributed by atoms with Gasteiger partial charge in [0.15, 0.2) is 5.78 Å². The second-order valence-corrected chi connectivity index (χ2v) is 4.34. The van der Waals surface area contributed by atoms with Gasteiger partial charge >= 0.3 is 6.18 Å². The minimum Gasteiger partial charge on any atom is -0.288 e. The fourth-order valence-electron chi connectivity index (χ4n) is 1.58. The summed E-state index contributed by atoms with van der Waals surface area (Å²) in [5.41, 5.74) is -2.38. The van der Waals surface area contributed by atoms with E-state index in [1.165, 1.54) is 0 Å². The molecule has 1 heterocycles. The van der Waals surface area contributed by atoms with E-state index in [1.54, 1.807) is 0 Å². The summed E-state index contributed by atoms with van der Waals surface area (Å²) in [4.78, 5) is 15.0. The van der Waals surface area contributed by atoms with E-state index in [4.69, 9.17) is 11.6 Å². The van der Waals surface area contributed by atoms with Gasteiger partial charge in [-0.3, -0.25) is 4.79 Å². The highest BCUT2D eigenvalue weighted by Gasteiger charge is 2.33. The largest absolute Gasteiger partial charge is 0.433 e. The Morgan fingerprint density at radius 3 is 2.29 bits per heavy atom. The topological polar surface area (TPSA) is 30.0 Å². The molecule has 8 heteroatoms. The Labute approximate surface area is 120 Å². The summed E-state index contributed by atoms with van der Waals surface area (Å²) in [5, 5.41) is -0.738. The number of carbonyl (C=O) groups excluding carboxylic acids is 1. The molecule has 0 spiro atoms. The van der Waals surface area contributed by atoms with Crippen LogP contribution in [0.25, 0.3) is 0 Å². The zero-order chi connectivity index (χ0) is 15.8. The standard InChI is InChI=1S/C13H5ClF5NO/c14-12-7(2-4-10(20-12)13(17,18)19)11(21)8-5-6(15)1-3-9(8)16/h1-5H. The van der Waals surface area contributed by atoms with Crippen LogP contribution in [0.3, 0.4) is 0 Å². The number of ketones is 1. The first-order valence-electron chi connectivity index (χ1n) is 5.43. The zero-order valence-electron chi connectivity index (χ0n) is 10.0. The van der Waals surface area contributed by atoms with Crippen molar-refractivity contribution < 1.29 is 26.7 Å². The van der Waals surface area contributed by atoms with Gasteiger partial charge in [-0.1, -0.05) is 11.6 Å². The molecule has 110 valence electrons. The van der Waals surface area contributed by atoms with Crippen LogP contribution in [-0.4, -0.2) is 10.8 Å². The Hall–Kier alpha value is -2.02. The number of aromatic nitrogens is 1. The van der Waals surface area contributed by atoms with Crippen LogP contribution < -0.4 is 0 Å². The molecule has 0 aliphatic rings. The lowest BCUT2D eigenvalue weighted by molar-refractivity contribution is -0.141. The third-order valence-corrected chi connectivity index (χ3v) is 2.84. The SMILES string of the molecule is O=C(c1cc(F)ccc1F)c1ccc(C(F)(F)F)nc1Cl. The molecule has 2 aromatic rings. The highest BCUT2D eigenvalue weighted by atomic mass is 35.5. The molecule has 2 rings (SSSR count). The van der Waals surface area contributed by atoms with Crippen LogP contribution >= 0.6 is 11.6 Å². The van der Waals surface area contributed by atoms with Crippen molar-refractivity contribution in [3.8, 4) is 0 Å². The zero-order valence-corrected chi connectivity index (χ0v) is 10.8. The van der Waals surface area contributed by atoms with Crippen molar-refractivity contribution in [2.75, 3.05) is 0 Å². The number of pyridine rings is 1. The minimum atomic E-state index is -4.73. The van der Waals surface area contributed by atoms with E-state index >= 15 is 0 Å². The molecular weight excluding hydrogens is 317 g/mol. The van der Waals surface area contributed by atoms with Gasteiger partial charge in [0.05, 0.1) is 11.1 Å². The Kier molecular flexibility index (Phi) is 3.95. The third kappa shape index (κ3) is 3.18. The lowest BCUT2D eigenvalue weighted by Crippen LogP contribution is -2.11. The number of hydrogen-bond donors (Lipinski definition) is 0. The van der Waals surface area contributed by atoms with Crippen molar-refractivity contribution in [2.24, 2.45) is 0 Å². The van der Waals surface area contributed by atoms with Crippen molar-refractivity contribution in [2.45, 2.75) is 6.18 Å². The Morgan fingerprint density at radius 2 is 1.71 bits per heavy atom. The molecule has 1 aromatic carbocycles. The van der Waals surface area contributed by atoms with Crippen LogP contribution in [0.1, 0.15) is 21.6 Å². The molecule has 0 atom stereocenters. The quantitative estimate of drug-likeness (QED) is 0.470. The van der Waals surface area contributed by atoms with Crippen molar-refractivity contribution in [1.82, 2.24) is 4.98 Å². The molecule has 21 heavy (non-hydrogen) atoms. The van der Waals surface area contributed by atoms with Crippen molar-refractivity contribution in [1.29, 1.82) is 0 Å². The van der Waals surface area contributed by atoms with Crippen molar-refractivity contribution in [3.05, 3.63) is 63.9 Å². The summed E-state index contributed by atoms with van der Waals surface area (Å²) in [7, 11) is 0. The van der Waals surface area contributed by atoms with Crippen LogP contribution in [0, 0.1) is 11.6 Å². The molecule has 2 nitrogen and oxygen atoms in total. The van der Waals surface area contributed by atoms with Gasteiger partial charge in [-0.2, -0.15) is 13.2 Å². The molecule has 0 N–H and O–H groups in total. The second-order valence-electron chi connectivity index (χ2n) is 3.99. The molecule has 0 aliphatic carbocycles. The highest BCUT2D eigenvalue weighted by molar-refractivity contribution is 6.33. The van der Waals surface area contributed by atoms with Gasteiger partial charge in [-0.05, 0) is 30.3 Å². The predicted molar refractivity (Wildman–Crippen MR) is 64.0 cm³/mol. The number of hydrogen-bond acceptors (Lipinski definition) is 2. The molecule has 0 saturated carbocycles. The Bertz CT molecular complexity index is 714. The monoisotopic (exact) mass is 321 g/mol. The highest BCUT2D eigenvalue weighted by Crippen LogP contribution is 2.30. The van der Waals surface area contributed by atoms with E-state index in [1.807, 2.05) is 0 Å². The lowest BCUT2D eigenvalue weighted by Gasteiger charge is -2.09. The summed E-state index contributed by atoms with van der Waals surface area (Å²) in [6.07, 6.45) is -4.73. The fourth-order valence-corrected chi connectivity index (χ4v) is 1.82. The summed E-state index contributed by atoms with van der Waals surface area (Å²) in [6, 6.07) is 3.47. The maximum absolute atomic E-state index is 13.5. The number of alkyl halides is 3. The summed E-state index contributed by atoms with van der Waals surface area (Å²) in [6.45, 7) is 0. The molecule has 0 saturated heterocycles. The Morgan fingerprint density at radius 1 is 1.05 bits per heavy atom. The van der Waals surface area contributed by atoms with Crippen molar-refractivity contribution >= 4 is 17.4 Å². The van der Waals surface area contributed by atoms with Gasteiger partial charge in [-0.15, -0.1) is 0 Å². The lowest BCUT2D eigenvalue weighted by atomic mass is 10.0. The van der Waals surface area contributed by atoms with E-state index in [2.05, 4.69) is 4.98 Å². The summed E-state index contributed by atoms with van der Waals surface area (Å²) in [5.74, 6) is -2.94. The molecule has 0 bridgehead atoms. The number of carbonyl (C=O) groups is 1. The predicted octanol–water partition coefficient (Wildman–Crippen LogP) is 4.26. The molecule has 0 unspecified atom stereocenters. The number of halogens is 6. The average Bonchev–Trinajstić information content (AvgIpc) is 2.39. The Balaban J connectivity index is 2.47. The van der Waals surface area contributed by atoms with E-state index in [9.17, 15) is 26.7 Å². The maximum atomic E-state index is 13.5. The smallest absolute Gasteiger partial charge is 0.288 e. The van der Waals surface area contributed by atoms with Crippen LogP contribution in [0.4, 0.5) is 22.0 Å². The minimum absolute atomic E-state index is 0.450. The summed E-state index contributed by atoms with van der Waals surface area (Å²) < 4.78 is 63.8. The van der Waals surface area contributed by atoms with Gasteiger partial charge in [0.1, 0.15) is 22.5 Å². The molecule has 0 aliphatic heterocycles. The average molecular weight is 322 g/mol. The van der Waals surface area contributed by atoms with E-state index in [-0.39, 0.29) is 0 Å². The first-order chi connectivity index (χ1) is 9.70. The van der Waals surface area contributed by atoms with Crippen LogP contribution in [0.2, 0.25) is 5.15 Å². The van der Waals surface area contributed by atoms with E-state index in [0.29, 0.717) is 12.1 Å². The maximum Gasteiger partial charge on any atom is 0.433 e. The summed E-state index contributed by atoms with van der Waals surface area (Å²) >= 11 is 5.52. The molecule has 0 radical (unpaired) electrons. The molecule has 1 aromatic heterocycles.